The molecule has 0 amide bonds. The number of morpholine rings is 1. The van der Waals surface area contributed by atoms with Crippen LogP contribution in [-0.4, -0.2) is 36.2 Å². The second-order valence-corrected chi connectivity index (χ2v) is 4.77. The van der Waals surface area contributed by atoms with Crippen molar-refractivity contribution in [2.75, 3.05) is 26.3 Å². The smallest absolute Gasteiger partial charge is 0.0647 e. The van der Waals surface area contributed by atoms with Crippen molar-refractivity contribution in [3.63, 3.8) is 0 Å². The van der Waals surface area contributed by atoms with Crippen molar-refractivity contribution in [2.24, 2.45) is 0 Å². The average molecular weight is 251 g/mol. The number of aromatic amines is 1. The van der Waals surface area contributed by atoms with Crippen LogP contribution >= 0.6 is 11.6 Å². The first-order valence-corrected chi connectivity index (χ1v) is 6.27. The number of fused-ring (bicyclic) bond motifs is 1. The van der Waals surface area contributed by atoms with Crippen LogP contribution in [0.4, 0.5) is 0 Å². The molecular weight excluding hydrogens is 236 g/mol. The summed E-state index contributed by atoms with van der Waals surface area (Å²) in [6.45, 7) is 4.65. The molecule has 17 heavy (non-hydrogen) atoms. The molecule has 1 fully saturated rings. The lowest BCUT2D eigenvalue weighted by molar-refractivity contribution is 0.0343. The second kappa shape index (κ2) is 4.69. The van der Waals surface area contributed by atoms with Crippen LogP contribution in [-0.2, 0) is 11.3 Å². The number of benzene rings is 1. The van der Waals surface area contributed by atoms with E-state index in [4.69, 9.17) is 16.3 Å². The molecule has 1 aliphatic rings. The molecule has 0 atom stereocenters. The van der Waals surface area contributed by atoms with E-state index in [9.17, 15) is 0 Å². The number of ether oxygens (including phenoxy) is 1. The molecule has 0 spiro atoms. The summed E-state index contributed by atoms with van der Waals surface area (Å²) in [6, 6.07) is 6.04. The van der Waals surface area contributed by atoms with Crippen molar-refractivity contribution in [1.82, 2.24) is 9.88 Å². The Morgan fingerprint density at radius 1 is 1.29 bits per heavy atom. The quantitative estimate of drug-likeness (QED) is 0.888. The molecule has 1 saturated heterocycles. The lowest BCUT2D eigenvalue weighted by Crippen LogP contribution is -2.35. The van der Waals surface area contributed by atoms with Crippen LogP contribution < -0.4 is 0 Å². The Hall–Kier alpha value is -1.03. The SMILES string of the molecule is Clc1cccc2c(CN3CCOCC3)c[nH]c12. The zero-order valence-corrected chi connectivity index (χ0v) is 10.3. The summed E-state index contributed by atoms with van der Waals surface area (Å²) in [5.41, 5.74) is 2.35. The topological polar surface area (TPSA) is 28.3 Å². The molecule has 3 rings (SSSR count). The molecule has 0 aliphatic carbocycles. The molecule has 1 N–H and O–H groups in total. The van der Waals surface area contributed by atoms with Crippen LogP contribution in [0.1, 0.15) is 5.56 Å². The van der Waals surface area contributed by atoms with Crippen molar-refractivity contribution in [3.05, 3.63) is 35.0 Å². The molecule has 0 radical (unpaired) electrons. The van der Waals surface area contributed by atoms with Gasteiger partial charge in [0.05, 0.1) is 23.8 Å². The van der Waals surface area contributed by atoms with E-state index in [2.05, 4.69) is 22.1 Å². The van der Waals surface area contributed by atoms with Crippen molar-refractivity contribution in [3.8, 4) is 0 Å². The minimum Gasteiger partial charge on any atom is -0.379 e. The number of para-hydroxylation sites is 1. The number of hydrogen-bond donors (Lipinski definition) is 1. The van der Waals surface area contributed by atoms with Gasteiger partial charge in [0, 0.05) is 31.2 Å². The minimum absolute atomic E-state index is 0.788. The molecule has 0 saturated carbocycles. The summed E-state index contributed by atoms with van der Waals surface area (Å²) < 4.78 is 5.35. The number of rotatable bonds is 2. The van der Waals surface area contributed by atoms with Gasteiger partial charge in [-0.2, -0.15) is 0 Å². The van der Waals surface area contributed by atoms with E-state index < -0.39 is 0 Å². The standard InChI is InChI=1S/C13H15ClN2O/c14-12-3-1-2-11-10(8-15-13(11)12)9-16-4-6-17-7-5-16/h1-3,8,15H,4-7,9H2. The summed E-state index contributed by atoms with van der Waals surface area (Å²) in [5, 5.41) is 2.01. The lowest BCUT2D eigenvalue weighted by atomic mass is 10.1. The Morgan fingerprint density at radius 3 is 2.94 bits per heavy atom. The van der Waals surface area contributed by atoms with Crippen LogP contribution in [0.15, 0.2) is 24.4 Å². The van der Waals surface area contributed by atoms with Gasteiger partial charge in [-0.3, -0.25) is 4.90 Å². The fraction of sp³-hybridized carbons (Fsp3) is 0.385. The fourth-order valence-electron chi connectivity index (χ4n) is 2.31. The summed E-state index contributed by atoms with van der Waals surface area (Å²) in [6.07, 6.45) is 2.06. The lowest BCUT2D eigenvalue weighted by Gasteiger charge is -2.26. The maximum absolute atomic E-state index is 6.15. The molecule has 2 heterocycles. The van der Waals surface area contributed by atoms with E-state index in [0.717, 1.165) is 43.4 Å². The monoisotopic (exact) mass is 250 g/mol. The number of nitrogens with zero attached hydrogens (tertiary/aromatic N) is 1. The van der Waals surface area contributed by atoms with E-state index in [0.29, 0.717) is 0 Å². The highest BCUT2D eigenvalue weighted by atomic mass is 35.5. The first-order valence-electron chi connectivity index (χ1n) is 5.89. The van der Waals surface area contributed by atoms with Gasteiger partial charge in [0.25, 0.3) is 0 Å². The van der Waals surface area contributed by atoms with Crippen molar-refractivity contribution >= 4 is 22.5 Å². The Balaban J connectivity index is 1.87. The van der Waals surface area contributed by atoms with Gasteiger partial charge in [-0.25, -0.2) is 0 Å². The molecular formula is C13H15ClN2O. The predicted octanol–water partition coefficient (Wildman–Crippen LogP) is 2.65. The highest BCUT2D eigenvalue weighted by molar-refractivity contribution is 6.35. The molecule has 0 bridgehead atoms. The van der Waals surface area contributed by atoms with E-state index >= 15 is 0 Å². The maximum atomic E-state index is 6.15. The third-order valence-electron chi connectivity index (χ3n) is 3.25. The Labute approximate surface area is 105 Å². The number of H-pyrrole nitrogens is 1. The van der Waals surface area contributed by atoms with E-state index in [1.165, 1.54) is 10.9 Å². The zero-order chi connectivity index (χ0) is 11.7. The highest BCUT2D eigenvalue weighted by Crippen LogP contribution is 2.26. The van der Waals surface area contributed by atoms with Crippen LogP contribution in [0.2, 0.25) is 5.02 Å². The van der Waals surface area contributed by atoms with Gasteiger partial charge in [0.1, 0.15) is 0 Å². The number of hydrogen-bond acceptors (Lipinski definition) is 2. The van der Waals surface area contributed by atoms with Crippen LogP contribution in [0.5, 0.6) is 0 Å². The normalized spacial score (nSPS) is 17.7. The molecule has 2 aromatic rings. The van der Waals surface area contributed by atoms with Crippen molar-refractivity contribution in [1.29, 1.82) is 0 Å². The summed E-state index contributed by atoms with van der Waals surface area (Å²) >= 11 is 6.15. The first kappa shape index (κ1) is 11.1. The summed E-state index contributed by atoms with van der Waals surface area (Å²) in [7, 11) is 0. The van der Waals surface area contributed by atoms with Gasteiger partial charge in [-0.05, 0) is 11.6 Å². The van der Waals surface area contributed by atoms with E-state index in [-0.39, 0.29) is 0 Å². The first-order chi connectivity index (χ1) is 8.34. The molecule has 4 heteroatoms. The molecule has 1 aliphatic heterocycles. The van der Waals surface area contributed by atoms with Gasteiger partial charge in [-0.1, -0.05) is 23.7 Å². The number of halogens is 1. The highest BCUT2D eigenvalue weighted by Gasteiger charge is 2.13. The zero-order valence-electron chi connectivity index (χ0n) is 9.58. The second-order valence-electron chi connectivity index (χ2n) is 4.36. The predicted molar refractivity (Wildman–Crippen MR) is 69.4 cm³/mol. The molecule has 3 nitrogen and oxygen atoms in total. The third kappa shape index (κ3) is 2.18. The largest absolute Gasteiger partial charge is 0.379 e. The number of aromatic nitrogens is 1. The molecule has 1 aromatic carbocycles. The third-order valence-corrected chi connectivity index (χ3v) is 3.56. The average Bonchev–Trinajstić information content (AvgIpc) is 2.76. The fourth-order valence-corrected chi connectivity index (χ4v) is 2.54. The molecule has 90 valence electrons. The van der Waals surface area contributed by atoms with E-state index in [1.807, 2.05) is 12.1 Å². The Bertz CT molecular complexity index is 517. The van der Waals surface area contributed by atoms with Crippen LogP contribution in [0.3, 0.4) is 0 Å². The van der Waals surface area contributed by atoms with Crippen molar-refractivity contribution in [2.45, 2.75) is 6.54 Å². The van der Waals surface area contributed by atoms with Crippen LogP contribution in [0.25, 0.3) is 10.9 Å². The summed E-state index contributed by atoms with van der Waals surface area (Å²) in [5.74, 6) is 0. The molecule has 0 unspecified atom stereocenters. The Kier molecular flexibility index (Phi) is 3.05. The summed E-state index contributed by atoms with van der Waals surface area (Å²) in [4.78, 5) is 5.67. The van der Waals surface area contributed by atoms with Gasteiger partial charge in [0.2, 0.25) is 0 Å². The maximum Gasteiger partial charge on any atom is 0.0647 e. The van der Waals surface area contributed by atoms with Gasteiger partial charge in [0.15, 0.2) is 0 Å². The van der Waals surface area contributed by atoms with Gasteiger partial charge in [-0.15, -0.1) is 0 Å². The minimum atomic E-state index is 0.788. The Morgan fingerprint density at radius 2 is 2.12 bits per heavy atom. The van der Waals surface area contributed by atoms with E-state index in [1.54, 1.807) is 0 Å². The van der Waals surface area contributed by atoms with Gasteiger partial charge < -0.3 is 9.72 Å². The van der Waals surface area contributed by atoms with Crippen LogP contribution in [0, 0.1) is 0 Å². The molecule has 1 aromatic heterocycles. The van der Waals surface area contributed by atoms with Gasteiger partial charge >= 0.3 is 0 Å². The number of nitrogens with one attached hydrogen (secondary N) is 1. The van der Waals surface area contributed by atoms with Crippen molar-refractivity contribution < 1.29 is 4.74 Å².